The highest BCUT2D eigenvalue weighted by Gasteiger charge is 2.22. The van der Waals surface area contributed by atoms with E-state index in [-0.39, 0.29) is 24.2 Å². The molecule has 1 aliphatic rings. The average molecular weight is 276 g/mol. The molecule has 2 amide bonds. The molecule has 0 bridgehead atoms. The van der Waals surface area contributed by atoms with Gasteiger partial charge in [-0.05, 0) is 19.1 Å². The van der Waals surface area contributed by atoms with E-state index in [1.54, 1.807) is 24.3 Å². The molecule has 1 heterocycles. The molecular weight excluding hydrogens is 260 g/mol. The number of nitrogens with one attached hydrogen (secondary N) is 1. The van der Waals surface area contributed by atoms with Crippen molar-refractivity contribution in [2.75, 3.05) is 25.0 Å². The fourth-order valence-corrected chi connectivity index (χ4v) is 1.90. The van der Waals surface area contributed by atoms with Crippen LogP contribution < -0.4 is 5.32 Å². The highest BCUT2D eigenvalue weighted by Crippen LogP contribution is 2.12. The standard InChI is InChI=1S/C14H16N2O4/c1-10(17)11-3-2-4-12(9-11)15-13(18)5-6-16-7-8-20-14(16)19/h2-4,9H,5-8H2,1H3,(H,15,18). The molecule has 0 spiro atoms. The molecule has 0 aliphatic carbocycles. The van der Waals surface area contributed by atoms with Gasteiger partial charge in [0.05, 0.1) is 6.54 Å². The SMILES string of the molecule is CC(=O)c1cccc(NC(=O)CCN2CCOC2=O)c1. The first-order valence-electron chi connectivity index (χ1n) is 6.39. The number of rotatable bonds is 5. The molecule has 0 radical (unpaired) electrons. The van der Waals surface area contributed by atoms with Gasteiger partial charge in [0.25, 0.3) is 0 Å². The van der Waals surface area contributed by atoms with Crippen molar-refractivity contribution in [2.24, 2.45) is 0 Å². The van der Waals surface area contributed by atoms with E-state index < -0.39 is 0 Å². The summed E-state index contributed by atoms with van der Waals surface area (Å²) in [5, 5.41) is 2.71. The highest BCUT2D eigenvalue weighted by atomic mass is 16.6. The number of hydrogen-bond acceptors (Lipinski definition) is 4. The minimum atomic E-state index is -0.378. The first kappa shape index (κ1) is 14.0. The highest BCUT2D eigenvalue weighted by molar-refractivity contribution is 5.97. The zero-order chi connectivity index (χ0) is 14.5. The number of cyclic esters (lactones) is 1. The van der Waals surface area contributed by atoms with Crippen LogP contribution in [0, 0.1) is 0 Å². The molecule has 6 heteroatoms. The van der Waals surface area contributed by atoms with E-state index in [4.69, 9.17) is 4.74 Å². The number of hydrogen-bond donors (Lipinski definition) is 1. The fourth-order valence-electron chi connectivity index (χ4n) is 1.90. The summed E-state index contributed by atoms with van der Waals surface area (Å²) in [6.45, 7) is 2.70. The quantitative estimate of drug-likeness (QED) is 0.830. The van der Waals surface area contributed by atoms with Gasteiger partial charge < -0.3 is 15.0 Å². The predicted octanol–water partition coefficient (Wildman–Crippen LogP) is 1.67. The van der Waals surface area contributed by atoms with Gasteiger partial charge in [-0.2, -0.15) is 0 Å². The van der Waals surface area contributed by atoms with Gasteiger partial charge in [-0.1, -0.05) is 12.1 Å². The summed E-state index contributed by atoms with van der Waals surface area (Å²) in [6.07, 6.45) is -0.185. The Labute approximate surface area is 116 Å². The van der Waals surface area contributed by atoms with Crippen LogP contribution in [0.25, 0.3) is 0 Å². The van der Waals surface area contributed by atoms with Crippen molar-refractivity contribution in [1.82, 2.24) is 4.90 Å². The Hall–Kier alpha value is -2.37. The maximum Gasteiger partial charge on any atom is 0.409 e. The minimum absolute atomic E-state index is 0.0547. The Bertz CT molecular complexity index is 542. The summed E-state index contributed by atoms with van der Waals surface area (Å²) in [7, 11) is 0. The van der Waals surface area contributed by atoms with Crippen LogP contribution in [0.15, 0.2) is 24.3 Å². The third-order valence-electron chi connectivity index (χ3n) is 3.01. The molecule has 0 atom stereocenters. The largest absolute Gasteiger partial charge is 0.448 e. The van der Waals surface area contributed by atoms with Crippen molar-refractivity contribution in [3.8, 4) is 0 Å². The van der Waals surface area contributed by atoms with Crippen LogP contribution in [0.3, 0.4) is 0 Å². The van der Waals surface area contributed by atoms with E-state index in [0.29, 0.717) is 30.9 Å². The third-order valence-corrected chi connectivity index (χ3v) is 3.01. The number of ether oxygens (including phenoxy) is 1. The van der Waals surface area contributed by atoms with E-state index >= 15 is 0 Å². The van der Waals surface area contributed by atoms with Crippen LogP contribution in [0.4, 0.5) is 10.5 Å². The zero-order valence-electron chi connectivity index (χ0n) is 11.2. The van der Waals surface area contributed by atoms with E-state index in [1.807, 2.05) is 0 Å². The molecular formula is C14H16N2O4. The van der Waals surface area contributed by atoms with Crippen LogP contribution in [0.5, 0.6) is 0 Å². The molecule has 1 saturated heterocycles. The normalized spacial score (nSPS) is 14.1. The minimum Gasteiger partial charge on any atom is -0.448 e. The third kappa shape index (κ3) is 3.57. The Morgan fingerprint density at radius 3 is 2.85 bits per heavy atom. The lowest BCUT2D eigenvalue weighted by Gasteiger charge is -2.12. The molecule has 1 aromatic carbocycles. The van der Waals surface area contributed by atoms with E-state index in [0.717, 1.165) is 0 Å². The second-order valence-electron chi connectivity index (χ2n) is 4.54. The topological polar surface area (TPSA) is 75.7 Å². The Morgan fingerprint density at radius 2 is 2.20 bits per heavy atom. The molecule has 0 unspecified atom stereocenters. The van der Waals surface area contributed by atoms with Crippen molar-refractivity contribution >= 4 is 23.5 Å². The van der Waals surface area contributed by atoms with Gasteiger partial charge in [0.15, 0.2) is 5.78 Å². The van der Waals surface area contributed by atoms with E-state index in [9.17, 15) is 14.4 Å². The monoisotopic (exact) mass is 276 g/mol. The van der Waals surface area contributed by atoms with Crippen molar-refractivity contribution in [3.05, 3.63) is 29.8 Å². The molecule has 20 heavy (non-hydrogen) atoms. The molecule has 1 aliphatic heterocycles. The molecule has 6 nitrogen and oxygen atoms in total. The van der Waals surface area contributed by atoms with Crippen LogP contribution in [-0.4, -0.2) is 42.4 Å². The molecule has 106 valence electrons. The van der Waals surface area contributed by atoms with Crippen LogP contribution in [0.2, 0.25) is 0 Å². The van der Waals surface area contributed by atoms with Gasteiger partial charge in [-0.3, -0.25) is 9.59 Å². The maximum atomic E-state index is 11.8. The van der Waals surface area contributed by atoms with Crippen molar-refractivity contribution < 1.29 is 19.1 Å². The second kappa shape index (κ2) is 6.18. The molecule has 1 fully saturated rings. The second-order valence-corrected chi connectivity index (χ2v) is 4.54. The summed E-state index contributed by atoms with van der Waals surface area (Å²) in [6, 6.07) is 6.75. The number of carbonyl (C=O) groups excluding carboxylic acids is 3. The van der Waals surface area contributed by atoms with E-state index in [2.05, 4.69) is 5.32 Å². The molecule has 0 aromatic heterocycles. The first-order chi connectivity index (χ1) is 9.56. The lowest BCUT2D eigenvalue weighted by Crippen LogP contribution is -2.28. The molecule has 2 rings (SSSR count). The van der Waals surface area contributed by atoms with Crippen molar-refractivity contribution in [3.63, 3.8) is 0 Å². The molecule has 0 saturated carbocycles. The van der Waals surface area contributed by atoms with Gasteiger partial charge in [-0.25, -0.2) is 4.79 Å². The number of nitrogens with zero attached hydrogens (tertiary/aromatic N) is 1. The fraction of sp³-hybridized carbons (Fsp3) is 0.357. The van der Waals surface area contributed by atoms with Gasteiger partial charge in [-0.15, -0.1) is 0 Å². The van der Waals surface area contributed by atoms with Crippen molar-refractivity contribution in [2.45, 2.75) is 13.3 Å². The number of benzene rings is 1. The van der Waals surface area contributed by atoms with Crippen LogP contribution >= 0.6 is 0 Å². The summed E-state index contributed by atoms with van der Waals surface area (Å²) in [4.78, 5) is 35.7. The lowest BCUT2D eigenvalue weighted by molar-refractivity contribution is -0.116. The van der Waals surface area contributed by atoms with Crippen LogP contribution in [-0.2, 0) is 9.53 Å². The number of anilines is 1. The van der Waals surface area contributed by atoms with Crippen LogP contribution in [0.1, 0.15) is 23.7 Å². The Morgan fingerprint density at radius 1 is 1.40 bits per heavy atom. The first-order valence-corrected chi connectivity index (χ1v) is 6.39. The van der Waals surface area contributed by atoms with Gasteiger partial charge >= 0.3 is 6.09 Å². The smallest absolute Gasteiger partial charge is 0.409 e. The summed E-state index contributed by atoms with van der Waals surface area (Å²) in [5.74, 6) is -0.258. The van der Waals surface area contributed by atoms with Gasteiger partial charge in [0.2, 0.25) is 5.91 Å². The summed E-state index contributed by atoms with van der Waals surface area (Å²) in [5.41, 5.74) is 1.12. The molecule has 1 N–H and O–H groups in total. The van der Waals surface area contributed by atoms with E-state index in [1.165, 1.54) is 11.8 Å². The number of amides is 2. The van der Waals surface area contributed by atoms with Gasteiger partial charge in [0, 0.05) is 24.2 Å². The maximum absolute atomic E-state index is 11.8. The Balaban J connectivity index is 1.86. The zero-order valence-corrected chi connectivity index (χ0v) is 11.2. The Kier molecular flexibility index (Phi) is 4.34. The van der Waals surface area contributed by atoms with Crippen molar-refractivity contribution in [1.29, 1.82) is 0 Å². The lowest BCUT2D eigenvalue weighted by atomic mass is 10.1. The molecule has 1 aromatic rings. The number of Topliss-reactive ketones (excluding diaryl/α,β-unsaturated/α-hetero) is 1. The average Bonchev–Trinajstić information content (AvgIpc) is 2.82. The summed E-state index contributed by atoms with van der Waals surface area (Å²) < 4.78 is 4.78. The summed E-state index contributed by atoms with van der Waals surface area (Å²) >= 11 is 0. The predicted molar refractivity (Wildman–Crippen MR) is 72.6 cm³/mol. The number of carbonyl (C=O) groups is 3. The van der Waals surface area contributed by atoms with Gasteiger partial charge in [0.1, 0.15) is 6.61 Å². The number of ketones is 1.